The standard InChI is InChI=1S/C9H20N2O3.C9H19NO3.C9H18O4/c1-4(2)9-7(11)8(13)6(10)5(3-12)14-9;2*1-4(2)9-8(12)7(11)6(10)5(3)13-9/h4-9,12-13H,3,10-11H2,1-2H3;4-9,11-12H,10H2,1-3H3;4-12H,1-3H3/t5?,6-,7?,8+,9+;2*5?,6-,7+,8?,9+/m111/s1. The quantitative estimate of drug-likeness (QED) is 0.163. The molecule has 13 nitrogen and oxygen atoms in total. The molecule has 40 heavy (non-hydrogen) atoms. The second kappa shape index (κ2) is 16.4. The van der Waals surface area contributed by atoms with Crippen LogP contribution in [-0.2, 0) is 14.2 Å². The van der Waals surface area contributed by atoms with Gasteiger partial charge in [-0.1, -0.05) is 41.5 Å². The van der Waals surface area contributed by atoms with E-state index in [2.05, 4.69) is 0 Å². The average molecular weight is 584 g/mol. The SMILES string of the molecule is CC(C)[C@@H]1OC(C)[C@@H](N)[C@H](O)C1O.CC(C)[C@@H]1OC(C)[C@@H](O)[C@H](O)C1O.CC(C)[C@@H]1OC(CO)[C@@H](N)[C@H](O)C1N. The second-order valence-electron chi connectivity index (χ2n) is 12.3. The maximum atomic E-state index is 9.73. The number of hydrogen-bond donors (Lipinski definition) is 10. The molecule has 3 fully saturated rings. The molecule has 0 saturated carbocycles. The van der Waals surface area contributed by atoms with Crippen molar-refractivity contribution in [3.8, 4) is 0 Å². The van der Waals surface area contributed by atoms with E-state index in [1.54, 1.807) is 6.92 Å². The summed E-state index contributed by atoms with van der Waals surface area (Å²) in [7, 11) is 0. The van der Waals surface area contributed by atoms with Crippen LogP contribution in [0.4, 0.5) is 0 Å². The minimum atomic E-state index is -1.10. The van der Waals surface area contributed by atoms with Gasteiger partial charge in [0, 0.05) is 0 Å². The average Bonchev–Trinajstić information content (AvgIpc) is 2.89. The van der Waals surface area contributed by atoms with Gasteiger partial charge in [-0.05, 0) is 31.6 Å². The minimum Gasteiger partial charge on any atom is -0.394 e. The van der Waals surface area contributed by atoms with Gasteiger partial charge in [0.25, 0.3) is 0 Å². The monoisotopic (exact) mass is 583 g/mol. The summed E-state index contributed by atoms with van der Waals surface area (Å²) in [5.41, 5.74) is 17.1. The number of nitrogens with two attached hydrogens (primary N) is 3. The fourth-order valence-corrected chi connectivity index (χ4v) is 5.13. The number of aliphatic hydroxyl groups is 7. The number of aliphatic hydroxyl groups excluding tert-OH is 7. The van der Waals surface area contributed by atoms with Gasteiger partial charge in [-0.25, -0.2) is 0 Å². The van der Waals surface area contributed by atoms with Crippen molar-refractivity contribution < 1.29 is 50.0 Å². The molecule has 0 aromatic rings. The van der Waals surface area contributed by atoms with Crippen LogP contribution in [0, 0.1) is 17.8 Å². The molecule has 0 radical (unpaired) electrons. The van der Waals surface area contributed by atoms with Gasteiger partial charge in [0.05, 0.1) is 73.6 Å². The fourth-order valence-electron chi connectivity index (χ4n) is 5.13. The van der Waals surface area contributed by atoms with Crippen molar-refractivity contribution in [2.45, 2.75) is 147 Å². The van der Waals surface area contributed by atoms with Crippen LogP contribution in [0.15, 0.2) is 0 Å². The molecule has 3 heterocycles. The Bertz CT molecular complexity index is 680. The molecule has 0 bridgehead atoms. The topological polar surface area (TPSA) is 247 Å². The third-order valence-electron chi connectivity index (χ3n) is 7.96. The lowest BCUT2D eigenvalue weighted by Gasteiger charge is -2.43. The molecule has 0 spiro atoms. The van der Waals surface area contributed by atoms with Crippen LogP contribution >= 0.6 is 0 Å². The third-order valence-corrected chi connectivity index (χ3v) is 7.96. The molecule has 0 aromatic carbocycles. The molecule has 3 aliphatic heterocycles. The van der Waals surface area contributed by atoms with Crippen LogP contribution in [0.2, 0.25) is 0 Å². The van der Waals surface area contributed by atoms with Crippen LogP contribution in [0.25, 0.3) is 0 Å². The van der Waals surface area contributed by atoms with Crippen LogP contribution in [-0.4, -0.2) is 134 Å². The maximum Gasteiger partial charge on any atom is 0.111 e. The first-order valence-corrected chi connectivity index (χ1v) is 14.3. The van der Waals surface area contributed by atoms with E-state index >= 15 is 0 Å². The van der Waals surface area contributed by atoms with E-state index in [1.807, 2.05) is 48.5 Å². The van der Waals surface area contributed by atoms with Gasteiger partial charge in [-0.2, -0.15) is 0 Å². The van der Waals surface area contributed by atoms with Crippen molar-refractivity contribution in [1.82, 2.24) is 0 Å². The summed E-state index contributed by atoms with van der Waals surface area (Å²) < 4.78 is 16.4. The molecule has 6 unspecified atom stereocenters. The Labute approximate surface area is 238 Å². The lowest BCUT2D eigenvalue weighted by atomic mass is 9.87. The maximum absolute atomic E-state index is 9.73. The molecule has 0 aliphatic carbocycles. The van der Waals surface area contributed by atoms with Crippen LogP contribution < -0.4 is 17.2 Å². The van der Waals surface area contributed by atoms with Crippen molar-refractivity contribution in [1.29, 1.82) is 0 Å². The predicted octanol–water partition coefficient (Wildman–Crippen LogP) is -2.59. The lowest BCUT2D eigenvalue weighted by molar-refractivity contribution is -0.226. The second-order valence-corrected chi connectivity index (χ2v) is 12.3. The Morgan fingerprint density at radius 3 is 1.35 bits per heavy atom. The van der Waals surface area contributed by atoms with Crippen molar-refractivity contribution in [2.75, 3.05) is 6.61 Å². The molecule has 3 rings (SSSR count). The molecule has 3 aliphatic rings. The Morgan fingerprint density at radius 1 is 0.500 bits per heavy atom. The fraction of sp³-hybridized carbons (Fsp3) is 1.00. The Balaban J connectivity index is 0.000000300. The highest BCUT2D eigenvalue weighted by Gasteiger charge is 2.44. The normalized spacial score (nSPS) is 46.0. The first-order valence-electron chi connectivity index (χ1n) is 14.3. The van der Waals surface area contributed by atoms with Crippen LogP contribution in [0.5, 0.6) is 0 Å². The van der Waals surface area contributed by atoms with Crippen molar-refractivity contribution in [3.63, 3.8) is 0 Å². The molecule has 3 saturated heterocycles. The molecule has 0 amide bonds. The van der Waals surface area contributed by atoms with Gasteiger partial charge in [-0.3, -0.25) is 0 Å². The summed E-state index contributed by atoms with van der Waals surface area (Å²) in [6.07, 6.45) is -7.75. The Hall–Kier alpha value is -0.520. The predicted molar refractivity (Wildman–Crippen MR) is 149 cm³/mol. The van der Waals surface area contributed by atoms with Gasteiger partial charge in [0.2, 0.25) is 0 Å². The van der Waals surface area contributed by atoms with Gasteiger partial charge >= 0.3 is 0 Å². The Kier molecular flexibility index (Phi) is 15.3. The lowest BCUT2D eigenvalue weighted by Crippen LogP contribution is -2.65. The largest absolute Gasteiger partial charge is 0.394 e. The third kappa shape index (κ3) is 9.24. The smallest absolute Gasteiger partial charge is 0.111 e. The van der Waals surface area contributed by atoms with Gasteiger partial charge in [-0.15, -0.1) is 0 Å². The highest BCUT2D eigenvalue weighted by molar-refractivity contribution is 4.97. The van der Waals surface area contributed by atoms with Crippen LogP contribution in [0.3, 0.4) is 0 Å². The first-order chi connectivity index (χ1) is 18.4. The molecular weight excluding hydrogens is 526 g/mol. The van der Waals surface area contributed by atoms with Crippen molar-refractivity contribution in [3.05, 3.63) is 0 Å². The summed E-state index contributed by atoms with van der Waals surface area (Å²) in [5, 5.41) is 66.4. The highest BCUT2D eigenvalue weighted by atomic mass is 16.5. The zero-order valence-electron chi connectivity index (χ0n) is 25.2. The molecular formula is C27H57N3O10. The summed E-state index contributed by atoms with van der Waals surface area (Å²) >= 11 is 0. The van der Waals surface area contributed by atoms with Gasteiger partial charge in [0.1, 0.15) is 24.4 Å². The molecule has 0 aromatic heterocycles. The molecule has 15 atom stereocenters. The molecule has 240 valence electrons. The zero-order valence-corrected chi connectivity index (χ0v) is 25.2. The number of rotatable bonds is 4. The minimum absolute atomic E-state index is 0.125. The van der Waals surface area contributed by atoms with E-state index in [4.69, 9.17) is 36.5 Å². The van der Waals surface area contributed by atoms with Gasteiger partial charge in [0.15, 0.2) is 0 Å². The summed E-state index contributed by atoms with van der Waals surface area (Å²) in [4.78, 5) is 0. The summed E-state index contributed by atoms with van der Waals surface area (Å²) in [6, 6.07) is -1.58. The van der Waals surface area contributed by atoms with Crippen molar-refractivity contribution >= 4 is 0 Å². The molecule has 13 N–H and O–H groups in total. The van der Waals surface area contributed by atoms with Crippen molar-refractivity contribution in [2.24, 2.45) is 35.0 Å². The molecule has 13 heteroatoms. The van der Waals surface area contributed by atoms with E-state index in [0.29, 0.717) is 0 Å². The first kappa shape index (κ1) is 37.5. The van der Waals surface area contributed by atoms with E-state index in [-0.39, 0.29) is 42.7 Å². The number of ether oxygens (including phenoxy) is 3. The van der Waals surface area contributed by atoms with E-state index in [1.165, 1.54) is 0 Å². The van der Waals surface area contributed by atoms with E-state index in [0.717, 1.165) is 0 Å². The van der Waals surface area contributed by atoms with E-state index in [9.17, 15) is 30.6 Å². The summed E-state index contributed by atoms with van der Waals surface area (Å²) in [5.74, 6) is 0.500. The number of hydrogen-bond acceptors (Lipinski definition) is 13. The zero-order chi connectivity index (χ0) is 31.2. The van der Waals surface area contributed by atoms with Crippen LogP contribution in [0.1, 0.15) is 55.4 Å². The van der Waals surface area contributed by atoms with Gasteiger partial charge < -0.3 is 67.2 Å². The van der Waals surface area contributed by atoms with E-state index < -0.39 is 73.1 Å². The Morgan fingerprint density at radius 2 is 0.925 bits per heavy atom. The summed E-state index contributed by atoms with van der Waals surface area (Å²) in [6.45, 7) is 15.0. The highest BCUT2D eigenvalue weighted by Crippen LogP contribution is 2.26.